The second-order valence-electron chi connectivity index (χ2n) is 4.53. The number of hydrogen-bond acceptors (Lipinski definition) is 4. The van der Waals surface area contributed by atoms with Crippen LogP contribution in [0.15, 0.2) is 21.6 Å². The molecule has 2 rings (SSSR count). The maximum atomic E-state index is 11.9. The number of amides is 2. The van der Waals surface area contributed by atoms with Gasteiger partial charge < -0.3 is 15.6 Å². The molecular weight excluding hydrogens is 338 g/mol. The quantitative estimate of drug-likeness (QED) is 0.815. The van der Waals surface area contributed by atoms with Crippen LogP contribution < -0.4 is 10.5 Å². The number of phenols is 1. The molecule has 6 nitrogen and oxygen atoms in total. The molecule has 0 spiro atoms. The van der Waals surface area contributed by atoms with E-state index in [-0.39, 0.29) is 17.3 Å². The van der Waals surface area contributed by atoms with Gasteiger partial charge in [-0.1, -0.05) is 5.92 Å². The standard InChI is InChI=1S/C14H14BrN3O3/c1-4-7(2)18-11(13(16)17-14(18)20)8-5-9(15)12(19)10(6-8)21-3/h1,5-7,11,19H,2-3H3,(H2,16,17,20). The Hall–Kier alpha value is -2.20. The number of hydrogen-bond donors (Lipinski definition) is 2. The van der Waals surface area contributed by atoms with Crippen LogP contribution in [0.3, 0.4) is 0 Å². The van der Waals surface area contributed by atoms with Gasteiger partial charge in [0.1, 0.15) is 11.9 Å². The number of phenolic OH excluding ortho intramolecular Hbond substituents is 1. The number of amidine groups is 1. The molecule has 21 heavy (non-hydrogen) atoms. The van der Waals surface area contributed by atoms with Gasteiger partial charge in [-0.15, -0.1) is 6.42 Å². The molecular formula is C14H14BrN3O3. The Morgan fingerprint density at radius 2 is 2.29 bits per heavy atom. The molecule has 1 aromatic carbocycles. The second-order valence-corrected chi connectivity index (χ2v) is 5.38. The SMILES string of the molecule is C#CC(C)N1C(=O)N=C(N)C1c1cc(Br)c(O)c(OC)c1. The number of ether oxygens (including phenoxy) is 1. The second kappa shape index (κ2) is 5.66. The monoisotopic (exact) mass is 351 g/mol. The van der Waals surface area contributed by atoms with Gasteiger partial charge in [0, 0.05) is 0 Å². The average Bonchev–Trinajstić information content (AvgIpc) is 2.75. The van der Waals surface area contributed by atoms with Crippen LogP contribution in [-0.2, 0) is 0 Å². The van der Waals surface area contributed by atoms with E-state index in [4.69, 9.17) is 16.9 Å². The molecule has 0 fully saturated rings. The topological polar surface area (TPSA) is 88.2 Å². The maximum Gasteiger partial charge on any atom is 0.347 e. The lowest BCUT2D eigenvalue weighted by Crippen LogP contribution is -2.39. The molecule has 0 saturated carbocycles. The highest BCUT2D eigenvalue weighted by Gasteiger charge is 2.37. The first-order chi connectivity index (χ1) is 9.90. The van der Waals surface area contributed by atoms with Crippen molar-refractivity contribution < 1.29 is 14.6 Å². The zero-order valence-electron chi connectivity index (χ0n) is 11.5. The van der Waals surface area contributed by atoms with Crippen LogP contribution in [0.4, 0.5) is 4.79 Å². The summed E-state index contributed by atoms with van der Waals surface area (Å²) in [5.74, 6) is 2.88. The Balaban J connectivity index is 2.54. The molecule has 1 aliphatic rings. The first-order valence-corrected chi connectivity index (χ1v) is 6.88. The van der Waals surface area contributed by atoms with E-state index in [9.17, 15) is 9.90 Å². The average molecular weight is 352 g/mol. The minimum absolute atomic E-state index is 0.0300. The molecule has 0 aromatic heterocycles. The Morgan fingerprint density at radius 1 is 1.62 bits per heavy atom. The molecule has 2 amide bonds. The molecule has 0 bridgehead atoms. The van der Waals surface area contributed by atoms with Crippen molar-refractivity contribution in [1.29, 1.82) is 0 Å². The highest BCUT2D eigenvalue weighted by Crippen LogP contribution is 2.39. The summed E-state index contributed by atoms with van der Waals surface area (Å²) in [4.78, 5) is 17.1. The van der Waals surface area contributed by atoms with Gasteiger partial charge in [0.25, 0.3) is 0 Å². The number of halogens is 1. The normalized spacial score (nSPS) is 19.1. The summed E-state index contributed by atoms with van der Waals surface area (Å²) in [6.07, 6.45) is 5.40. The highest BCUT2D eigenvalue weighted by molar-refractivity contribution is 9.10. The summed E-state index contributed by atoms with van der Waals surface area (Å²) in [5.41, 5.74) is 6.51. The summed E-state index contributed by atoms with van der Waals surface area (Å²) < 4.78 is 5.53. The molecule has 1 aromatic rings. The fourth-order valence-corrected chi connectivity index (χ4v) is 2.65. The van der Waals surface area contributed by atoms with E-state index in [2.05, 4.69) is 26.8 Å². The minimum atomic E-state index is -0.589. The summed E-state index contributed by atoms with van der Waals surface area (Å²) in [7, 11) is 1.43. The molecule has 1 heterocycles. The van der Waals surface area contributed by atoms with E-state index in [1.807, 2.05) is 0 Å². The van der Waals surface area contributed by atoms with Gasteiger partial charge >= 0.3 is 6.03 Å². The molecule has 0 radical (unpaired) electrons. The van der Waals surface area contributed by atoms with Gasteiger partial charge in [-0.05, 0) is 40.5 Å². The zero-order valence-corrected chi connectivity index (χ0v) is 13.1. The Bertz CT molecular complexity index is 666. The van der Waals surface area contributed by atoms with Crippen LogP contribution in [0.5, 0.6) is 11.5 Å². The molecule has 2 unspecified atom stereocenters. The number of nitrogens with zero attached hydrogens (tertiary/aromatic N) is 2. The van der Waals surface area contributed by atoms with Gasteiger partial charge in [0.05, 0.1) is 17.6 Å². The predicted molar refractivity (Wildman–Crippen MR) is 82.3 cm³/mol. The lowest BCUT2D eigenvalue weighted by molar-refractivity contribution is 0.199. The third-order valence-corrected chi connectivity index (χ3v) is 3.85. The van der Waals surface area contributed by atoms with Crippen molar-refractivity contribution in [2.75, 3.05) is 7.11 Å². The molecule has 1 aliphatic heterocycles. The first-order valence-electron chi connectivity index (χ1n) is 6.09. The predicted octanol–water partition coefficient (Wildman–Crippen LogP) is 2.02. The summed E-state index contributed by atoms with van der Waals surface area (Å²) in [5, 5.41) is 9.86. The van der Waals surface area contributed by atoms with Gasteiger partial charge in [0.2, 0.25) is 0 Å². The van der Waals surface area contributed by atoms with E-state index in [0.717, 1.165) is 0 Å². The lowest BCUT2D eigenvalue weighted by Gasteiger charge is -2.27. The van der Waals surface area contributed by atoms with Gasteiger partial charge in [0.15, 0.2) is 11.5 Å². The third kappa shape index (κ3) is 2.54. The van der Waals surface area contributed by atoms with Crippen molar-refractivity contribution in [1.82, 2.24) is 4.90 Å². The largest absolute Gasteiger partial charge is 0.503 e. The van der Waals surface area contributed by atoms with Crippen molar-refractivity contribution in [3.63, 3.8) is 0 Å². The number of aliphatic imine (C=N–C) groups is 1. The van der Waals surface area contributed by atoms with Crippen LogP contribution in [-0.4, -0.2) is 35.0 Å². The Labute approximate surface area is 130 Å². The number of benzene rings is 1. The van der Waals surface area contributed by atoms with Gasteiger partial charge in [-0.3, -0.25) is 4.90 Å². The number of methoxy groups -OCH3 is 1. The molecule has 2 atom stereocenters. The van der Waals surface area contributed by atoms with Crippen molar-refractivity contribution in [2.24, 2.45) is 10.7 Å². The van der Waals surface area contributed by atoms with Crippen molar-refractivity contribution >= 4 is 27.8 Å². The van der Waals surface area contributed by atoms with E-state index in [1.54, 1.807) is 19.1 Å². The number of carbonyl (C=O) groups is 1. The number of rotatable bonds is 3. The van der Waals surface area contributed by atoms with Gasteiger partial charge in [-0.25, -0.2) is 4.79 Å². The fourth-order valence-electron chi connectivity index (χ4n) is 2.19. The first kappa shape index (κ1) is 15.2. The Kier molecular flexibility index (Phi) is 4.09. The fraction of sp³-hybridized carbons (Fsp3) is 0.286. The minimum Gasteiger partial charge on any atom is -0.503 e. The molecule has 110 valence electrons. The summed E-state index contributed by atoms with van der Waals surface area (Å²) in [6, 6.07) is 1.72. The summed E-state index contributed by atoms with van der Waals surface area (Å²) >= 11 is 3.24. The lowest BCUT2D eigenvalue weighted by atomic mass is 10.0. The number of nitrogens with two attached hydrogens (primary N) is 1. The summed E-state index contributed by atoms with van der Waals surface area (Å²) in [6.45, 7) is 1.71. The molecule has 7 heteroatoms. The smallest absolute Gasteiger partial charge is 0.347 e. The van der Waals surface area contributed by atoms with E-state index in [1.165, 1.54) is 12.0 Å². The zero-order chi connectivity index (χ0) is 15.7. The van der Waals surface area contributed by atoms with Crippen molar-refractivity contribution in [3.05, 3.63) is 22.2 Å². The van der Waals surface area contributed by atoms with Crippen molar-refractivity contribution in [3.8, 4) is 23.8 Å². The number of urea groups is 1. The van der Waals surface area contributed by atoms with Crippen LogP contribution in [0.2, 0.25) is 0 Å². The molecule has 0 aliphatic carbocycles. The maximum absolute atomic E-state index is 11.9. The molecule has 3 N–H and O–H groups in total. The van der Waals surface area contributed by atoms with E-state index in [0.29, 0.717) is 10.0 Å². The third-order valence-electron chi connectivity index (χ3n) is 3.25. The Morgan fingerprint density at radius 3 is 2.86 bits per heavy atom. The number of terminal acetylenes is 1. The van der Waals surface area contributed by atoms with Crippen LogP contribution in [0.25, 0.3) is 0 Å². The van der Waals surface area contributed by atoms with E-state index >= 15 is 0 Å². The highest BCUT2D eigenvalue weighted by atomic mass is 79.9. The molecule has 0 saturated heterocycles. The number of carbonyl (C=O) groups excluding carboxylic acids is 1. The number of aromatic hydroxyl groups is 1. The van der Waals surface area contributed by atoms with Crippen molar-refractivity contribution in [2.45, 2.75) is 19.0 Å². The van der Waals surface area contributed by atoms with Gasteiger partial charge in [-0.2, -0.15) is 4.99 Å². The van der Waals surface area contributed by atoms with Crippen LogP contribution in [0.1, 0.15) is 18.5 Å². The van der Waals surface area contributed by atoms with E-state index < -0.39 is 18.1 Å². The van der Waals surface area contributed by atoms with Crippen LogP contribution in [0, 0.1) is 12.3 Å². The van der Waals surface area contributed by atoms with Crippen LogP contribution >= 0.6 is 15.9 Å².